The number of benzene rings is 1. The van der Waals surface area contributed by atoms with Crippen LogP contribution in [0, 0.1) is 0 Å². The number of aromatic amines is 2. The van der Waals surface area contributed by atoms with Crippen molar-refractivity contribution in [2.24, 2.45) is 4.99 Å². The average Bonchev–Trinajstić information content (AvgIpc) is 3.10. The zero-order chi connectivity index (χ0) is 12.8. The van der Waals surface area contributed by atoms with Gasteiger partial charge in [0.2, 0.25) is 0 Å². The van der Waals surface area contributed by atoms with Gasteiger partial charge < -0.3 is 5.10 Å². The molecule has 1 saturated carbocycles. The zero-order valence-corrected chi connectivity index (χ0v) is 10.3. The Morgan fingerprint density at radius 2 is 2.05 bits per heavy atom. The number of aromatic nitrogens is 2. The number of rotatable bonds is 2. The molecular weight excluding hydrogens is 238 g/mol. The van der Waals surface area contributed by atoms with Crippen LogP contribution < -0.4 is 5.56 Å². The monoisotopic (exact) mass is 251 g/mol. The van der Waals surface area contributed by atoms with Crippen LogP contribution in [0.5, 0.6) is 0 Å². The second-order valence-corrected chi connectivity index (χ2v) is 5.06. The van der Waals surface area contributed by atoms with E-state index in [0.717, 1.165) is 40.9 Å². The minimum absolute atomic E-state index is 0.0489. The molecule has 2 aromatic rings. The summed E-state index contributed by atoms with van der Waals surface area (Å²) in [6, 6.07) is 7.98. The lowest BCUT2D eigenvalue weighted by atomic mass is 10.0. The molecule has 1 aliphatic carbocycles. The molecule has 0 spiro atoms. The molecule has 1 aliphatic heterocycles. The number of H-pyrrole nitrogens is 2. The second kappa shape index (κ2) is 3.82. The minimum atomic E-state index is -0.0489. The first kappa shape index (κ1) is 10.6. The summed E-state index contributed by atoms with van der Waals surface area (Å²) < 4.78 is 0. The van der Waals surface area contributed by atoms with E-state index in [1.165, 1.54) is 0 Å². The van der Waals surface area contributed by atoms with Crippen molar-refractivity contribution >= 4 is 23.6 Å². The molecule has 0 radical (unpaired) electrons. The molecule has 2 heterocycles. The lowest BCUT2D eigenvalue weighted by molar-refractivity contribution is 0.955. The van der Waals surface area contributed by atoms with Gasteiger partial charge in [-0.25, -0.2) is 0 Å². The van der Waals surface area contributed by atoms with Gasteiger partial charge >= 0.3 is 0 Å². The predicted octanol–water partition coefficient (Wildman–Crippen LogP) is 2.84. The van der Waals surface area contributed by atoms with E-state index in [2.05, 4.69) is 15.2 Å². The Bertz CT molecular complexity index is 760. The molecule has 19 heavy (non-hydrogen) atoms. The van der Waals surface area contributed by atoms with Crippen LogP contribution >= 0.6 is 0 Å². The highest BCUT2D eigenvalue weighted by molar-refractivity contribution is 6.21. The van der Waals surface area contributed by atoms with E-state index >= 15 is 0 Å². The first-order valence-corrected chi connectivity index (χ1v) is 6.48. The van der Waals surface area contributed by atoms with Gasteiger partial charge in [0, 0.05) is 29.0 Å². The van der Waals surface area contributed by atoms with Gasteiger partial charge in [0.25, 0.3) is 5.56 Å². The topological polar surface area (TPSA) is 61.0 Å². The van der Waals surface area contributed by atoms with E-state index in [0.29, 0.717) is 5.92 Å². The van der Waals surface area contributed by atoms with Crippen LogP contribution in [0.15, 0.2) is 34.1 Å². The number of nitrogens with one attached hydrogen (secondary N) is 2. The number of hydrogen-bond acceptors (Lipinski definition) is 2. The Balaban J connectivity index is 1.84. The van der Waals surface area contributed by atoms with Crippen LogP contribution in [0.25, 0.3) is 11.6 Å². The standard InChI is InChI=1S/C15H13N3O/c19-15-12(14(17-18-15)9-5-6-9)7-10-8-16-13-4-2-1-3-11(10)13/h1-4,7-9H,5-6H2,(H2,17,18,19). The largest absolute Gasteiger partial charge is 0.301 e. The van der Waals surface area contributed by atoms with E-state index in [9.17, 15) is 4.79 Å². The summed E-state index contributed by atoms with van der Waals surface area (Å²) in [4.78, 5) is 16.3. The lowest BCUT2D eigenvalue weighted by Gasteiger charge is -1.99. The molecule has 1 fully saturated rings. The van der Waals surface area contributed by atoms with Crippen molar-refractivity contribution in [3.8, 4) is 0 Å². The summed E-state index contributed by atoms with van der Waals surface area (Å²) >= 11 is 0. The number of para-hydroxylation sites is 1. The van der Waals surface area contributed by atoms with Gasteiger partial charge in [0.1, 0.15) is 0 Å². The molecule has 0 bridgehead atoms. The van der Waals surface area contributed by atoms with E-state index in [1.54, 1.807) is 0 Å². The van der Waals surface area contributed by atoms with Crippen molar-refractivity contribution < 1.29 is 0 Å². The van der Waals surface area contributed by atoms with Crippen molar-refractivity contribution in [2.45, 2.75) is 18.8 Å². The Kier molecular flexibility index (Phi) is 2.12. The Morgan fingerprint density at radius 1 is 1.21 bits per heavy atom. The van der Waals surface area contributed by atoms with Crippen molar-refractivity contribution in [1.82, 2.24) is 10.2 Å². The number of fused-ring (bicyclic) bond motifs is 1. The van der Waals surface area contributed by atoms with Gasteiger partial charge in [0.05, 0.1) is 11.3 Å². The van der Waals surface area contributed by atoms with Crippen LogP contribution in [0.2, 0.25) is 0 Å². The summed E-state index contributed by atoms with van der Waals surface area (Å²) in [5, 5.41) is 5.69. The number of aliphatic imine (C=N–C) groups is 1. The van der Waals surface area contributed by atoms with Crippen LogP contribution in [0.3, 0.4) is 0 Å². The van der Waals surface area contributed by atoms with Gasteiger partial charge in [-0.2, -0.15) is 0 Å². The van der Waals surface area contributed by atoms with E-state index in [1.807, 2.05) is 36.6 Å². The minimum Gasteiger partial charge on any atom is -0.301 e. The molecule has 1 aromatic carbocycles. The third-order valence-electron chi connectivity index (χ3n) is 3.69. The maximum atomic E-state index is 11.9. The fourth-order valence-electron chi connectivity index (χ4n) is 2.53. The first-order chi connectivity index (χ1) is 9.33. The van der Waals surface area contributed by atoms with Crippen molar-refractivity contribution in [1.29, 1.82) is 0 Å². The van der Waals surface area contributed by atoms with E-state index in [-0.39, 0.29) is 5.56 Å². The van der Waals surface area contributed by atoms with Crippen LogP contribution in [-0.2, 0) is 0 Å². The maximum absolute atomic E-state index is 11.9. The third kappa shape index (κ3) is 1.68. The van der Waals surface area contributed by atoms with E-state index < -0.39 is 0 Å². The SMILES string of the molecule is O=c1[nH][nH]c(C2CC2)c1C=C1C=Nc2ccccc21. The molecule has 0 atom stereocenters. The Labute approximate surface area is 109 Å². The molecule has 1 aromatic heterocycles. The zero-order valence-electron chi connectivity index (χ0n) is 10.3. The maximum Gasteiger partial charge on any atom is 0.271 e. The quantitative estimate of drug-likeness (QED) is 0.847. The molecule has 0 amide bonds. The molecular formula is C15H13N3O. The van der Waals surface area contributed by atoms with Crippen molar-refractivity contribution in [2.75, 3.05) is 0 Å². The summed E-state index contributed by atoms with van der Waals surface area (Å²) in [6.45, 7) is 0. The van der Waals surface area contributed by atoms with Gasteiger partial charge in [-0.3, -0.25) is 14.9 Å². The van der Waals surface area contributed by atoms with Crippen LogP contribution in [-0.4, -0.2) is 16.4 Å². The van der Waals surface area contributed by atoms with Gasteiger partial charge in [-0.05, 0) is 25.0 Å². The second-order valence-electron chi connectivity index (χ2n) is 5.06. The van der Waals surface area contributed by atoms with Crippen LogP contribution in [0.4, 0.5) is 5.69 Å². The highest BCUT2D eigenvalue weighted by Gasteiger charge is 2.28. The number of hydrogen-bond donors (Lipinski definition) is 2. The number of allylic oxidation sites excluding steroid dienone is 1. The average molecular weight is 251 g/mol. The molecule has 4 nitrogen and oxygen atoms in total. The predicted molar refractivity (Wildman–Crippen MR) is 75.9 cm³/mol. The van der Waals surface area contributed by atoms with Gasteiger partial charge in [-0.15, -0.1) is 0 Å². The number of nitrogens with zero attached hydrogens (tertiary/aromatic N) is 1. The fraction of sp³-hybridized carbons (Fsp3) is 0.200. The molecule has 4 rings (SSSR count). The fourth-order valence-corrected chi connectivity index (χ4v) is 2.53. The van der Waals surface area contributed by atoms with Crippen molar-refractivity contribution in [3.05, 3.63) is 51.4 Å². The molecule has 2 N–H and O–H groups in total. The Hall–Kier alpha value is -2.36. The van der Waals surface area contributed by atoms with E-state index in [4.69, 9.17) is 0 Å². The summed E-state index contributed by atoms with van der Waals surface area (Å²) in [7, 11) is 0. The summed E-state index contributed by atoms with van der Waals surface area (Å²) in [5.41, 5.74) is 4.80. The summed E-state index contributed by atoms with van der Waals surface area (Å²) in [5.74, 6) is 0.513. The summed E-state index contributed by atoms with van der Waals surface area (Å²) in [6.07, 6.45) is 6.09. The smallest absolute Gasteiger partial charge is 0.271 e. The van der Waals surface area contributed by atoms with Gasteiger partial charge in [-0.1, -0.05) is 18.2 Å². The molecule has 94 valence electrons. The lowest BCUT2D eigenvalue weighted by Crippen LogP contribution is -2.02. The Morgan fingerprint density at radius 3 is 2.89 bits per heavy atom. The highest BCUT2D eigenvalue weighted by atomic mass is 16.1. The highest BCUT2D eigenvalue weighted by Crippen LogP contribution is 2.41. The van der Waals surface area contributed by atoms with Gasteiger partial charge in [0.15, 0.2) is 0 Å². The molecule has 0 saturated heterocycles. The molecule has 4 heteroatoms. The van der Waals surface area contributed by atoms with Crippen molar-refractivity contribution in [3.63, 3.8) is 0 Å². The molecule has 2 aliphatic rings. The third-order valence-corrected chi connectivity index (χ3v) is 3.69. The first-order valence-electron chi connectivity index (χ1n) is 6.48. The molecule has 0 unspecified atom stereocenters. The van der Waals surface area contributed by atoms with Crippen LogP contribution in [0.1, 0.15) is 35.6 Å². The normalized spacial score (nSPS) is 19.1.